The van der Waals surface area contributed by atoms with Crippen LogP contribution in [0.1, 0.15) is 25.7 Å². The molecule has 0 aromatic heterocycles. The molecule has 5 heteroatoms. The Kier molecular flexibility index (Phi) is 1.99. The number of carbonyl (C=O) groups excluding carboxylic acids is 2. The first-order valence-electron chi connectivity index (χ1n) is 4.85. The summed E-state index contributed by atoms with van der Waals surface area (Å²) in [5.41, 5.74) is 5.72. The summed E-state index contributed by atoms with van der Waals surface area (Å²) < 4.78 is 0. The Morgan fingerprint density at radius 1 is 1.43 bits per heavy atom. The molecule has 2 rings (SSSR count). The Morgan fingerprint density at radius 2 is 2.14 bits per heavy atom. The van der Waals surface area contributed by atoms with Crippen molar-refractivity contribution in [3.05, 3.63) is 0 Å². The molecule has 0 aromatic rings. The predicted molar refractivity (Wildman–Crippen MR) is 47.0 cm³/mol. The zero-order valence-corrected chi connectivity index (χ0v) is 7.82. The first kappa shape index (κ1) is 9.45. The van der Waals surface area contributed by atoms with Crippen molar-refractivity contribution in [2.75, 3.05) is 0 Å². The van der Waals surface area contributed by atoms with Crippen LogP contribution in [-0.2, 0) is 9.59 Å². The van der Waals surface area contributed by atoms with Crippen molar-refractivity contribution < 1.29 is 14.8 Å². The highest BCUT2D eigenvalue weighted by Crippen LogP contribution is 2.55. The van der Waals surface area contributed by atoms with Crippen molar-refractivity contribution >= 4 is 11.8 Å². The van der Waals surface area contributed by atoms with E-state index < -0.39 is 17.2 Å². The summed E-state index contributed by atoms with van der Waals surface area (Å²) in [5, 5.41) is 8.63. The average molecular weight is 198 g/mol. The summed E-state index contributed by atoms with van der Waals surface area (Å²) in [6.07, 6.45) is 3.31. The summed E-state index contributed by atoms with van der Waals surface area (Å²) in [6, 6.07) is 0. The van der Waals surface area contributed by atoms with Crippen LogP contribution >= 0.6 is 0 Å². The zero-order valence-electron chi connectivity index (χ0n) is 7.82. The maximum atomic E-state index is 11.5. The highest BCUT2D eigenvalue weighted by atomic mass is 16.5. The summed E-state index contributed by atoms with van der Waals surface area (Å²) in [4.78, 5) is 22.9. The average Bonchev–Trinajstić information content (AvgIpc) is 2.75. The number of nitrogens with two attached hydrogens (primary N) is 1. The van der Waals surface area contributed by atoms with Gasteiger partial charge < -0.3 is 5.73 Å². The molecule has 2 saturated carbocycles. The number of hydrogen-bond donors (Lipinski definition) is 3. The fourth-order valence-electron chi connectivity index (χ4n) is 3.12. The van der Waals surface area contributed by atoms with Gasteiger partial charge in [0.15, 0.2) is 0 Å². The smallest absolute Gasteiger partial charge is 0.259 e. The van der Waals surface area contributed by atoms with Gasteiger partial charge >= 0.3 is 0 Å². The van der Waals surface area contributed by atoms with E-state index >= 15 is 0 Å². The fraction of sp³-hybridized carbons (Fsp3) is 0.778. The molecule has 2 bridgehead atoms. The van der Waals surface area contributed by atoms with Crippen molar-refractivity contribution in [2.45, 2.75) is 25.7 Å². The third-order valence-corrected chi connectivity index (χ3v) is 3.80. The largest absolute Gasteiger partial charge is 0.369 e. The normalized spacial score (nSPS) is 39.8. The van der Waals surface area contributed by atoms with Crippen LogP contribution in [0.4, 0.5) is 0 Å². The highest BCUT2D eigenvalue weighted by molar-refractivity contribution is 6.04. The van der Waals surface area contributed by atoms with E-state index in [4.69, 9.17) is 10.9 Å². The third kappa shape index (κ3) is 0.987. The van der Waals surface area contributed by atoms with Gasteiger partial charge in [-0.05, 0) is 31.1 Å². The van der Waals surface area contributed by atoms with E-state index in [0.29, 0.717) is 12.3 Å². The zero-order chi connectivity index (χ0) is 10.3. The quantitative estimate of drug-likeness (QED) is 0.325. The van der Waals surface area contributed by atoms with E-state index in [9.17, 15) is 9.59 Å². The second-order valence-electron chi connectivity index (χ2n) is 4.36. The number of nitrogens with one attached hydrogen (secondary N) is 1. The van der Waals surface area contributed by atoms with Crippen LogP contribution in [0.5, 0.6) is 0 Å². The van der Waals surface area contributed by atoms with E-state index in [0.717, 1.165) is 19.3 Å². The molecule has 78 valence electrons. The Bertz CT molecular complexity index is 292. The van der Waals surface area contributed by atoms with Crippen molar-refractivity contribution in [1.82, 2.24) is 5.48 Å². The van der Waals surface area contributed by atoms with Gasteiger partial charge in [-0.3, -0.25) is 14.8 Å². The lowest BCUT2D eigenvalue weighted by Crippen LogP contribution is -2.52. The van der Waals surface area contributed by atoms with Crippen LogP contribution in [-0.4, -0.2) is 17.0 Å². The molecule has 0 saturated heterocycles. The second kappa shape index (κ2) is 2.95. The molecule has 2 aliphatic rings. The van der Waals surface area contributed by atoms with Crippen LogP contribution in [0.25, 0.3) is 0 Å². The molecule has 3 unspecified atom stereocenters. The Labute approximate surface area is 81.6 Å². The van der Waals surface area contributed by atoms with Crippen LogP contribution in [0.15, 0.2) is 0 Å². The molecule has 3 atom stereocenters. The summed E-state index contributed by atoms with van der Waals surface area (Å²) in [7, 11) is 0. The van der Waals surface area contributed by atoms with Gasteiger partial charge in [-0.1, -0.05) is 6.42 Å². The summed E-state index contributed by atoms with van der Waals surface area (Å²) in [6.45, 7) is 0. The van der Waals surface area contributed by atoms with Crippen molar-refractivity contribution in [3.63, 3.8) is 0 Å². The number of rotatable bonds is 2. The van der Waals surface area contributed by atoms with E-state index in [1.165, 1.54) is 0 Å². The maximum Gasteiger partial charge on any atom is 0.259 e. The molecule has 14 heavy (non-hydrogen) atoms. The molecule has 2 aliphatic carbocycles. The Balaban J connectivity index is 2.33. The molecule has 0 spiro atoms. The van der Waals surface area contributed by atoms with Gasteiger partial charge in [-0.2, -0.15) is 0 Å². The SMILES string of the molecule is NC(=O)C1(C(=O)NO)CC2CCC1C2. The highest BCUT2D eigenvalue weighted by Gasteiger charge is 2.59. The molecule has 4 N–H and O–H groups in total. The van der Waals surface area contributed by atoms with E-state index in [1.54, 1.807) is 5.48 Å². The first-order valence-corrected chi connectivity index (χ1v) is 4.85. The second-order valence-corrected chi connectivity index (χ2v) is 4.36. The molecule has 2 fully saturated rings. The molecule has 0 aliphatic heterocycles. The van der Waals surface area contributed by atoms with E-state index in [1.807, 2.05) is 0 Å². The van der Waals surface area contributed by atoms with Gasteiger partial charge in [0.05, 0.1) is 0 Å². The lowest BCUT2D eigenvalue weighted by molar-refractivity contribution is -0.151. The van der Waals surface area contributed by atoms with Crippen molar-refractivity contribution in [2.24, 2.45) is 23.0 Å². The van der Waals surface area contributed by atoms with Crippen LogP contribution in [0.3, 0.4) is 0 Å². The fourth-order valence-corrected chi connectivity index (χ4v) is 3.12. The number of primary amides is 1. The molecular formula is C9H14N2O3. The topological polar surface area (TPSA) is 92.4 Å². The van der Waals surface area contributed by atoms with E-state index in [-0.39, 0.29) is 5.92 Å². The summed E-state index contributed by atoms with van der Waals surface area (Å²) >= 11 is 0. The van der Waals surface area contributed by atoms with Crippen molar-refractivity contribution in [3.8, 4) is 0 Å². The number of hydroxylamine groups is 1. The third-order valence-electron chi connectivity index (χ3n) is 3.80. The minimum atomic E-state index is -1.14. The predicted octanol–water partition coefficient (Wildman–Crippen LogP) is -0.217. The van der Waals surface area contributed by atoms with Crippen LogP contribution in [0, 0.1) is 17.3 Å². The lowest BCUT2D eigenvalue weighted by Gasteiger charge is -2.31. The van der Waals surface area contributed by atoms with Gasteiger partial charge in [0.1, 0.15) is 5.41 Å². The Morgan fingerprint density at radius 3 is 2.50 bits per heavy atom. The number of fused-ring (bicyclic) bond motifs is 2. The number of carbonyl (C=O) groups is 2. The Hall–Kier alpha value is -1.10. The van der Waals surface area contributed by atoms with Gasteiger partial charge in [0, 0.05) is 0 Å². The monoisotopic (exact) mass is 198 g/mol. The van der Waals surface area contributed by atoms with Gasteiger partial charge in [-0.25, -0.2) is 5.48 Å². The molecule has 2 amide bonds. The number of hydrogen-bond acceptors (Lipinski definition) is 3. The maximum absolute atomic E-state index is 11.5. The van der Waals surface area contributed by atoms with Gasteiger partial charge in [0.25, 0.3) is 5.91 Å². The molecule has 0 heterocycles. The lowest BCUT2D eigenvalue weighted by atomic mass is 9.72. The van der Waals surface area contributed by atoms with E-state index in [2.05, 4.69) is 0 Å². The van der Waals surface area contributed by atoms with Crippen molar-refractivity contribution in [1.29, 1.82) is 0 Å². The van der Waals surface area contributed by atoms with Crippen LogP contribution < -0.4 is 11.2 Å². The summed E-state index contributed by atoms with van der Waals surface area (Å²) in [5.74, 6) is -0.782. The number of amides is 2. The first-order chi connectivity index (χ1) is 6.61. The molecule has 0 aromatic carbocycles. The minimum Gasteiger partial charge on any atom is -0.369 e. The molecular weight excluding hydrogens is 184 g/mol. The van der Waals surface area contributed by atoms with Gasteiger partial charge in [0.2, 0.25) is 5.91 Å². The molecule has 0 radical (unpaired) electrons. The van der Waals surface area contributed by atoms with Gasteiger partial charge in [-0.15, -0.1) is 0 Å². The molecule has 5 nitrogen and oxygen atoms in total. The minimum absolute atomic E-state index is 0.0251. The standard InChI is InChI=1S/C9H14N2O3/c10-7(12)9(8(13)11-14)4-5-1-2-6(9)3-5/h5-6,14H,1-4H2,(H2,10,12)(H,11,13). The van der Waals surface area contributed by atoms with Crippen LogP contribution in [0.2, 0.25) is 0 Å².